The molecule has 7 heteroatoms. The maximum Gasteiger partial charge on any atom is 0.252 e. The molecule has 0 aliphatic rings. The van der Waals surface area contributed by atoms with Gasteiger partial charge < -0.3 is 10.6 Å². The average molecular weight is 369 g/mol. The molecule has 126 valence electrons. The van der Waals surface area contributed by atoms with E-state index in [4.69, 9.17) is 23.2 Å². The van der Waals surface area contributed by atoms with E-state index in [2.05, 4.69) is 10.6 Å². The zero-order chi connectivity index (χ0) is 17.7. The van der Waals surface area contributed by atoms with Crippen LogP contribution < -0.4 is 10.6 Å². The topological polar surface area (TPSA) is 58.2 Å². The van der Waals surface area contributed by atoms with Crippen molar-refractivity contribution in [2.75, 3.05) is 13.1 Å². The maximum atomic E-state index is 13.4. The number of halogens is 3. The Morgan fingerprint density at radius 2 is 1.67 bits per heavy atom. The van der Waals surface area contributed by atoms with Gasteiger partial charge >= 0.3 is 0 Å². The second-order valence-electron chi connectivity index (χ2n) is 5.10. The van der Waals surface area contributed by atoms with E-state index in [1.54, 1.807) is 19.1 Å². The third kappa shape index (κ3) is 4.69. The molecule has 0 atom stereocenters. The fourth-order valence-corrected chi connectivity index (χ4v) is 2.45. The zero-order valence-corrected chi connectivity index (χ0v) is 14.3. The first-order valence-corrected chi connectivity index (χ1v) is 7.91. The molecule has 2 aromatic carbocycles. The minimum Gasteiger partial charge on any atom is -0.350 e. The number of benzene rings is 2. The Balaban J connectivity index is 1.82. The van der Waals surface area contributed by atoms with Gasteiger partial charge in [-0.05, 0) is 42.8 Å². The first kappa shape index (κ1) is 18.2. The Hall–Kier alpha value is -2.11. The van der Waals surface area contributed by atoms with Crippen LogP contribution in [0.1, 0.15) is 26.3 Å². The molecule has 2 aromatic rings. The van der Waals surface area contributed by atoms with Crippen LogP contribution >= 0.6 is 23.2 Å². The number of amides is 2. The van der Waals surface area contributed by atoms with E-state index in [-0.39, 0.29) is 29.6 Å². The van der Waals surface area contributed by atoms with Crippen LogP contribution in [0.4, 0.5) is 4.39 Å². The summed E-state index contributed by atoms with van der Waals surface area (Å²) in [5.41, 5.74) is 0.997. The Kier molecular flexibility index (Phi) is 6.17. The van der Waals surface area contributed by atoms with Gasteiger partial charge in [0.25, 0.3) is 11.8 Å². The van der Waals surface area contributed by atoms with Gasteiger partial charge in [-0.1, -0.05) is 29.3 Å². The predicted octanol–water partition coefficient (Wildman–Crippen LogP) is 3.60. The summed E-state index contributed by atoms with van der Waals surface area (Å²) in [7, 11) is 0. The highest BCUT2D eigenvalue weighted by Crippen LogP contribution is 2.20. The van der Waals surface area contributed by atoms with Crippen molar-refractivity contribution in [2.24, 2.45) is 0 Å². The smallest absolute Gasteiger partial charge is 0.252 e. The largest absolute Gasteiger partial charge is 0.350 e. The van der Waals surface area contributed by atoms with E-state index in [0.29, 0.717) is 16.1 Å². The van der Waals surface area contributed by atoms with Crippen molar-refractivity contribution in [3.8, 4) is 0 Å². The number of carbonyl (C=O) groups excluding carboxylic acids is 2. The Morgan fingerprint density at radius 1 is 1.00 bits per heavy atom. The molecule has 0 radical (unpaired) electrons. The highest BCUT2D eigenvalue weighted by Gasteiger charge is 2.11. The molecule has 24 heavy (non-hydrogen) atoms. The molecular weight excluding hydrogens is 354 g/mol. The lowest BCUT2D eigenvalue weighted by atomic mass is 10.1. The van der Waals surface area contributed by atoms with E-state index in [0.717, 1.165) is 0 Å². The number of nitrogens with one attached hydrogen (secondary N) is 2. The van der Waals surface area contributed by atoms with Crippen molar-refractivity contribution in [3.05, 3.63) is 69.0 Å². The Labute approximate surface area is 149 Å². The summed E-state index contributed by atoms with van der Waals surface area (Å²) in [4.78, 5) is 23.9. The van der Waals surface area contributed by atoms with Crippen molar-refractivity contribution < 1.29 is 14.0 Å². The monoisotopic (exact) mass is 368 g/mol. The molecule has 0 saturated carbocycles. The lowest BCUT2D eigenvalue weighted by molar-refractivity contribution is 0.0927. The first-order chi connectivity index (χ1) is 11.4. The molecule has 0 saturated heterocycles. The molecule has 0 heterocycles. The van der Waals surface area contributed by atoms with E-state index in [1.807, 2.05) is 0 Å². The van der Waals surface area contributed by atoms with Crippen LogP contribution in [0.3, 0.4) is 0 Å². The Bertz CT molecular complexity index is 781. The molecule has 4 nitrogen and oxygen atoms in total. The molecule has 0 spiro atoms. The minimum absolute atomic E-state index is 0.200. The molecule has 2 N–H and O–H groups in total. The van der Waals surface area contributed by atoms with Crippen molar-refractivity contribution in [1.82, 2.24) is 10.6 Å². The number of aryl methyl sites for hydroxylation is 1. The number of carbonyl (C=O) groups is 2. The predicted molar refractivity (Wildman–Crippen MR) is 92.3 cm³/mol. The maximum absolute atomic E-state index is 13.4. The molecule has 2 amide bonds. The summed E-state index contributed by atoms with van der Waals surface area (Å²) in [5, 5.41) is 5.92. The highest BCUT2D eigenvalue weighted by molar-refractivity contribution is 6.36. The fraction of sp³-hybridized carbons (Fsp3) is 0.176. The average Bonchev–Trinajstić information content (AvgIpc) is 2.53. The van der Waals surface area contributed by atoms with Gasteiger partial charge in [-0.25, -0.2) is 4.39 Å². The van der Waals surface area contributed by atoms with Crippen LogP contribution in [-0.2, 0) is 0 Å². The molecule has 0 fully saturated rings. The molecule has 0 unspecified atom stereocenters. The summed E-state index contributed by atoms with van der Waals surface area (Å²) in [6, 6.07) is 8.82. The van der Waals surface area contributed by atoms with Gasteiger partial charge in [0.05, 0.1) is 10.6 Å². The summed E-state index contributed by atoms with van der Waals surface area (Å²) in [6.45, 7) is 2.03. The minimum atomic E-state index is -0.437. The van der Waals surface area contributed by atoms with Crippen LogP contribution in [0.2, 0.25) is 10.0 Å². The lowest BCUT2D eigenvalue weighted by Crippen LogP contribution is -2.34. The van der Waals surface area contributed by atoms with Gasteiger partial charge in [0.1, 0.15) is 5.82 Å². The van der Waals surface area contributed by atoms with Gasteiger partial charge in [-0.15, -0.1) is 0 Å². The van der Waals surface area contributed by atoms with E-state index >= 15 is 0 Å². The standard InChI is InChI=1S/C17H15Cl2FN2O2/c1-10-2-3-11(8-15(10)20)16(23)21-6-7-22-17(24)13-5-4-12(18)9-14(13)19/h2-5,8-9H,6-7H2,1H3,(H,21,23)(H,22,24). The van der Waals surface area contributed by atoms with Crippen molar-refractivity contribution in [3.63, 3.8) is 0 Å². The van der Waals surface area contributed by atoms with E-state index in [9.17, 15) is 14.0 Å². The molecule has 0 bridgehead atoms. The van der Waals surface area contributed by atoms with Gasteiger partial charge in [-0.2, -0.15) is 0 Å². The summed E-state index contributed by atoms with van der Waals surface area (Å²) in [6.07, 6.45) is 0. The van der Waals surface area contributed by atoms with Crippen LogP contribution in [0, 0.1) is 12.7 Å². The number of hydrogen-bond donors (Lipinski definition) is 2. The third-order valence-corrected chi connectivity index (χ3v) is 3.85. The second-order valence-corrected chi connectivity index (χ2v) is 5.94. The normalized spacial score (nSPS) is 10.3. The fourth-order valence-electron chi connectivity index (χ4n) is 1.96. The SMILES string of the molecule is Cc1ccc(C(=O)NCCNC(=O)c2ccc(Cl)cc2Cl)cc1F. The summed E-state index contributed by atoms with van der Waals surface area (Å²) >= 11 is 11.7. The molecule has 0 aliphatic carbocycles. The molecule has 0 aromatic heterocycles. The van der Waals surface area contributed by atoms with Crippen LogP contribution in [0.15, 0.2) is 36.4 Å². The van der Waals surface area contributed by atoms with Gasteiger partial charge in [0.15, 0.2) is 0 Å². The van der Waals surface area contributed by atoms with E-state index in [1.165, 1.54) is 24.3 Å². The summed E-state index contributed by atoms with van der Waals surface area (Å²) in [5.74, 6) is -1.21. The number of hydrogen-bond acceptors (Lipinski definition) is 2. The second kappa shape index (κ2) is 8.13. The zero-order valence-electron chi connectivity index (χ0n) is 12.8. The van der Waals surface area contributed by atoms with Crippen molar-refractivity contribution in [2.45, 2.75) is 6.92 Å². The molecular formula is C17H15Cl2FN2O2. The first-order valence-electron chi connectivity index (χ1n) is 7.16. The van der Waals surface area contributed by atoms with Crippen LogP contribution in [0.5, 0.6) is 0 Å². The highest BCUT2D eigenvalue weighted by atomic mass is 35.5. The molecule has 0 aliphatic heterocycles. The van der Waals surface area contributed by atoms with Crippen molar-refractivity contribution >= 4 is 35.0 Å². The molecule has 2 rings (SSSR count). The van der Waals surface area contributed by atoms with Crippen LogP contribution in [-0.4, -0.2) is 24.9 Å². The Morgan fingerprint density at radius 3 is 2.29 bits per heavy atom. The van der Waals surface area contributed by atoms with Gasteiger partial charge in [0, 0.05) is 23.7 Å². The van der Waals surface area contributed by atoms with Crippen molar-refractivity contribution in [1.29, 1.82) is 0 Å². The summed E-state index contributed by atoms with van der Waals surface area (Å²) < 4.78 is 13.4. The van der Waals surface area contributed by atoms with Gasteiger partial charge in [-0.3, -0.25) is 9.59 Å². The van der Waals surface area contributed by atoms with Crippen LogP contribution in [0.25, 0.3) is 0 Å². The van der Waals surface area contributed by atoms with Gasteiger partial charge in [0.2, 0.25) is 0 Å². The quantitative estimate of drug-likeness (QED) is 0.792. The third-order valence-electron chi connectivity index (χ3n) is 3.31. The lowest BCUT2D eigenvalue weighted by Gasteiger charge is -2.09. The van der Waals surface area contributed by atoms with E-state index < -0.39 is 11.7 Å². The number of rotatable bonds is 5.